The molecule has 0 saturated carbocycles. The second kappa shape index (κ2) is 7.04. The predicted molar refractivity (Wildman–Crippen MR) is 66.4 cm³/mol. The number of Topliss-reactive ketones (excluding diaryl/α,β-unsaturated/α-hetero) is 1. The van der Waals surface area contributed by atoms with Gasteiger partial charge in [-0.05, 0) is 30.2 Å². The van der Waals surface area contributed by atoms with Crippen molar-refractivity contribution in [3.05, 3.63) is 29.8 Å². The number of ether oxygens (including phenoxy) is 1. The first-order valence-electron chi connectivity index (χ1n) is 5.66. The summed E-state index contributed by atoms with van der Waals surface area (Å²) in [5.74, 6) is 0.944. The fourth-order valence-electron chi connectivity index (χ4n) is 1.38. The van der Waals surface area contributed by atoms with E-state index in [1.54, 1.807) is 31.4 Å². The SMILES string of the molecule is COc1ccc(C(=O)CNCC(C)CO)cc1. The van der Waals surface area contributed by atoms with Gasteiger partial charge in [0.15, 0.2) is 5.78 Å². The third-order valence-corrected chi connectivity index (χ3v) is 2.50. The molecule has 2 N–H and O–H groups in total. The normalized spacial score (nSPS) is 12.2. The Labute approximate surface area is 102 Å². The maximum absolute atomic E-state index is 11.7. The Balaban J connectivity index is 2.41. The fourth-order valence-corrected chi connectivity index (χ4v) is 1.38. The summed E-state index contributed by atoms with van der Waals surface area (Å²) in [5, 5.41) is 11.9. The first-order valence-corrected chi connectivity index (χ1v) is 5.66. The van der Waals surface area contributed by atoms with E-state index >= 15 is 0 Å². The van der Waals surface area contributed by atoms with Gasteiger partial charge in [0.05, 0.1) is 13.7 Å². The van der Waals surface area contributed by atoms with Gasteiger partial charge in [0.2, 0.25) is 0 Å². The van der Waals surface area contributed by atoms with Gasteiger partial charge in [0.1, 0.15) is 5.75 Å². The molecule has 0 aromatic heterocycles. The Bertz CT molecular complexity index is 348. The molecule has 0 aliphatic carbocycles. The molecular formula is C13H19NO3. The minimum Gasteiger partial charge on any atom is -0.497 e. The highest BCUT2D eigenvalue weighted by molar-refractivity contribution is 5.97. The van der Waals surface area contributed by atoms with Crippen molar-refractivity contribution in [1.29, 1.82) is 0 Å². The molecule has 0 spiro atoms. The number of carbonyl (C=O) groups excluding carboxylic acids is 1. The van der Waals surface area contributed by atoms with E-state index in [4.69, 9.17) is 9.84 Å². The Morgan fingerprint density at radius 2 is 2.06 bits per heavy atom. The van der Waals surface area contributed by atoms with Gasteiger partial charge in [0, 0.05) is 18.7 Å². The molecule has 0 heterocycles. The van der Waals surface area contributed by atoms with E-state index < -0.39 is 0 Å². The maximum Gasteiger partial charge on any atom is 0.176 e. The van der Waals surface area contributed by atoms with Gasteiger partial charge in [-0.25, -0.2) is 0 Å². The van der Waals surface area contributed by atoms with Crippen LogP contribution in [0, 0.1) is 5.92 Å². The zero-order chi connectivity index (χ0) is 12.7. The van der Waals surface area contributed by atoms with E-state index in [0.29, 0.717) is 12.1 Å². The molecule has 0 radical (unpaired) electrons. The van der Waals surface area contributed by atoms with Gasteiger partial charge >= 0.3 is 0 Å². The van der Waals surface area contributed by atoms with E-state index in [2.05, 4.69) is 5.32 Å². The standard InChI is InChI=1S/C13H19NO3/c1-10(9-15)7-14-8-13(16)11-3-5-12(17-2)6-4-11/h3-6,10,14-15H,7-9H2,1-2H3. The fraction of sp³-hybridized carbons (Fsp3) is 0.462. The summed E-state index contributed by atoms with van der Waals surface area (Å²) in [6.45, 7) is 2.98. The molecule has 17 heavy (non-hydrogen) atoms. The van der Waals surface area contributed by atoms with E-state index in [1.165, 1.54) is 0 Å². The Hall–Kier alpha value is -1.39. The van der Waals surface area contributed by atoms with Gasteiger partial charge in [-0.15, -0.1) is 0 Å². The van der Waals surface area contributed by atoms with Crippen molar-refractivity contribution in [2.75, 3.05) is 26.8 Å². The molecule has 0 bridgehead atoms. The van der Waals surface area contributed by atoms with Gasteiger partial charge in [0.25, 0.3) is 0 Å². The summed E-state index contributed by atoms with van der Waals surface area (Å²) >= 11 is 0. The highest BCUT2D eigenvalue weighted by Crippen LogP contribution is 2.11. The average molecular weight is 237 g/mol. The van der Waals surface area contributed by atoms with Crippen molar-refractivity contribution in [1.82, 2.24) is 5.32 Å². The highest BCUT2D eigenvalue weighted by atomic mass is 16.5. The number of methoxy groups -OCH3 is 1. The minimum atomic E-state index is 0.0396. The maximum atomic E-state index is 11.7. The molecule has 0 saturated heterocycles. The van der Waals surface area contributed by atoms with Crippen LogP contribution in [0.15, 0.2) is 24.3 Å². The smallest absolute Gasteiger partial charge is 0.176 e. The van der Waals surface area contributed by atoms with Gasteiger partial charge < -0.3 is 15.2 Å². The van der Waals surface area contributed by atoms with Gasteiger partial charge in [-0.3, -0.25) is 4.79 Å². The lowest BCUT2D eigenvalue weighted by Crippen LogP contribution is -2.28. The number of nitrogens with one attached hydrogen (secondary N) is 1. The number of ketones is 1. The van der Waals surface area contributed by atoms with Crippen LogP contribution in [0.5, 0.6) is 5.75 Å². The molecule has 1 rings (SSSR count). The molecule has 94 valence electrons. The summed E-state index contributed by atoms with van der Waals surface area (Å²) in [5.41, 5.74) is 0.662. The first kappa shape index (κ1) is 13.7. The third kappa shape index (κ3) is 4.54. The molecule has 4 heteroatoms. The summed E-state index contributed by atoms with van der Waals surface area (Å²) in [6.07, 6.45) is 0. The van der Waals surface area contributed by atoms with Crippen LogP contribution in [-0.2, 0) is 0 Å². The van der Waals surface area contributed by atoms with Gasteiger partial charge in [-0.1, -0.05) is 6.92 Å². The van der Waals surface area contributed by atoms with E-state index in [1.807, 2.05) is 6.92 Å². The number of aliphatic hydroxyl groups excluding tert-OH is 1. The topological polar surface area (TPSA) is 58.6 Å². The zero-order valence-electron chi connectivity index (χ0n) is 10.3. The summed E-state index contributed by atoms with van der Waals surface area (Å²) in [6, 6.07) is 7.03. The average Bonchev–Trinajstić information content (AvgIpc) is 2.38. The van der Waals surface area contributed by atoms with Crippen LogP contribution < -0.4 is 10.1 Å². The molecule has 1 aromatic rings. The van der Waals surface area contributed by atoms with Crippen molar-refractivity contribution in [2.45, 2.75) is 6.92 Å². The first-order chi connectivity index (χ1) is 8.17. The highest BCUT2D eigenvalue weighted by Gasteiger charge is 2.06. The minimum absolute atomic E-state index is 0.0396. The number of rotatable bonds is 7. The second-order valence-corrected chi connectivity index (χ2v) is 4.07. The molecular weight excluding hydrogens is 218 g/mol. The molecule has 0 fully saturated rings. The molecule has 1 atom stereocenters. The Morgan fingerprint density at radius 1 is 1.41 bits per heavy atom. The third-order valence-electron chi connectivity index (χ3n) is 2.50. The van der Waals surface area contributed by atoms with E-state index in [9.17, 15) is 4.79 Å². The van der Waals surface area contributed by atoms with Crippen LogP contribution in [0.2, 0.25) is 0 Å². The monoisotopic (exact) mass is 237 g/mol. The second-order valence-electron chi connectivity index (χ2n) is 4.07. The quantitative estimate of drug-likeness (QED) is 0.697. The van der Waals surface area contributed by atoms with Crippen LogP contribution in [0.25, 0.3) is 0 Å². The Morgan fingerprint density at radius 3 is 2.59 bits per heavy atom. The molecule has 0 amide bonds. The summed E-state index contributed by atoms with van der Waals surface area (Å²) in [4.78, 5) is 11.7. The van der Waals surface area contributed by atoms with E-state index in [0.717, 1.165) is 5.75 Å². The van der Waals surface area contributed by atoms with Crippen LogP contribution in [-0.4, -0.2) is 37.7 Å². The number of hydrogen-bond acceptors (Lipinski definition) is 4. The summed E-state index contributed by atoms with van der Waals surface area (Å²) < 4.78 is 5.02. The lowest BCUT2D eigenvalue weighted by molar-refractivity contribution is 0.0988. The zero-order valence-corrected chi connectivity index (χ0v) is 10.3. The van der Waals surface area contributed by atoms with Crippen molar-refractivity contribution in [2.24, 2.45) is 5.92 Å². The summed E-state index contributed by atoms with van der Waals surface area (Å²) in [7, 11) is 1.59. The van der Waals surface area contributed by atoms with Crippen molar-refractivity contribution < 1.29 is 14.6 Å². The lowest BCUT2D eigenvalue weighted by Gasteiger charge is -2.09. The molecule has 4 nitrogen and oxygen atoms in total. The largest absolute Gasteiger partial charge is 0.497 e. The predicted octanol–water partition coefficient (Wildman–Crippen LogP) is 1.10. The van der Waals surface area contributed by atoms with Crippen LogP contribution in [0.1, 0.15) is 17.3 Å². The molecule has 0 aliphatic rings. The Kier molecular flexibility index (Phi) is 5.66. The molecule has 0 aliphatic heterocycles. The number of aliphatic hydroxyl groups is 1. The van der Waals surface area contributed by atoms with Crippen LogP contribution in [0.4, 0.5) is 0 Å². The van der Waals surface area contributed by atoms with E-state index in [-0.39, 0.29) is 24.9 Å². The van der Waals surface area contributed by atoms with Crippen LogP contribution >= 0.6 is 0 Å². The number of hydrogen-bond donors (Lipinski definition) is 2. The lowest BCUT2D eigenvalue weighted by atomic mass is 10.1. The van der Waals surface area contributed by atoms with Crippen LogP contribution in [0.3, 0.4) is 0 Å². The molecule has 1 unspecified atom stereocenters. The van der Waals surface area contributed by atoms with Gasteiger partial charge in [-0.2, -0.15) is 0 Å². The van der Waals surface area contributed by atoms with Crippen molar-refractivity contribution in [3.63, 3.8) is 0 Å². The molecule has 1 aromatic carbocycles. The number of benzene rings is 1. The van der Waals surface area contributed by atoms with Crippen molar-refractivity contribution >= 4 is 5.78 Å². The van der Waals surface area contributed by atoms with Crippen molar-refractivity contribution in [3.8, 4) is 5.75 Å². The number of carbonyl (C=O) groups is 1.